The van der Waals surface area contributed by atoms with Crippen LogP contribution in [0.25, 0.3) is 0 Å². The van der Waals surface area contributed by atoms with Crippen LogP contribution in [-0.2, 0) is 6.42 Å². The molecular formula is C28H33N5O. The van der Waals surface area contributed by atoms with Crippen molar-refractivity contribution in [1.29, 1.82) is 5.26 Å². The lowest BCUT2D eigenvalue weighted by Crippen LogP contribution is -2.37. The van der Waals surface area contributed by atoms with Gasteiger partial charge in [-0.1, -0.05) is 51.1 Å². The van der Waals surface area contributed by atoms with Crippen molar-refractivity contribution < 1.29 is 4.74 Å². The molecule has 4 rings (SSSR count). The molecule has 1 aromatic heterocycles. The second kappa shape index (κ2) is 10.6. The molecule has 2 atom stereocenters. The van der Waals surface area contributed by atoms with E-state index in [1.807, 2.05) is 42.5 Å². The summed E-state index contributed by atoms with van der Waals surface area (Å²) in [6.07, 6.45) is 5.76. The number of nitrogens with one attached hydrogen (secondary N) is 2. The third-order valence-corrected chi connectivity index (χ3v) is 6.90. The van der Waals surface area contributed by atoms with E-state index in [1.165, 1.54) is 12.0 Å². The van der Waals surface area contributed by atoms with E-state index in [9.17, 15) is 5.26 Å². The van der Waals surface area contributed by atoms with Gasteiger partial charge in [-0.2, -0.15) is 10.2 Å². The van der Waals surface area contributed by atoms with E-state index in [0.717, 1.165) is 30.8 Å². The number of anilines is 2. The van der Waals surface area contributed by atoms with Gasteiger partial charge in [-0.3, -0.25) is 0 Å². The molecule has 0 spiro atoms. The predicted molar refractivity (Wildman–Crippen MR) is 136 cm³/mol. The van der Waals surface area contributed by atoms with E-state index >= 15 is 0 Å². The Morgan fingerprint density at radius 3 is 2.50 bits per heavy atom. The third-order valence-electron chi connectivity index (χ3n) is 6.90. The van der Waals surface area contributed by atoms with Gasteiger partial charge in [-0.05, 0) is 66.8 Å². The van der Waals surface area contributed by atoms with Gasteiger partial charge in [0.2, 0.25) is 5.95 Å². The molecular weight excluding hydrogens is 422 g/mol. The van der Waals surface area contributed by atoms with E-state index in [-0.39, 0.29) is 5.41 Å². The zero-order valence-electron chi connectivity index (χ0n) is 20.2. The van der Waals surface area contributed by atoms with Gasteiger partial charge in [0.25, 0.3) is 0 Å². The van der Waals surface area contributed by atoms with Crippen LogP contribution >= 0.6 is 0 Å². The van der Waals surface area contributed by atoms with Crippen molar-refractivity contribution in [2.45, 2.75) is 52.5 Å². The molecule has 3 aromatic rings. The topological polar surface area (TPSA) is 82.9 Å². The van der Waals surface area contributed by atoms with E-state index in [1.54, 1.807) is 6.20 Å². The first-order valence-electron chi connectivity index (χ1n) is 12.0. The number of aromatic nitrogens is 2. The SMILES string of the molecule is C[C@H]1CC[C@@H](Nc2nc(NCCc3ccc(Oc4ccccc4)cc3)ncc2C#N)CC1(C)C. The molecule has 6 heteroatoms. The van der Waals surface area contributed by atoms with Crippen LogP contribution in [0, 0.1) is 22.7 Å². The van der Waals surface area contributed by atoms with E-state index in [4.69, 9.17) is 4.74 Å². The highest BCUT2D eigenvalue weighted by molar-refractivity contribution is 5.54. The standard InChI is InChI=1S/C28H33N5O/c1-20-9-12-23(17-28(20,2)3)32-26-22(18-29)19-31-27(33-26)30-16-15-21-10-13-25(14-11-21)34-24-7-5-4-6-8-24/h4-8,10-11,13-14,19-20,23H,9,12,15-17H2,1-3H3,(H2,30,31,32,33)/t20-,23+/m0/s1. The average Bonchev–Trinajstić information content (AvgIpc) is 2.83. The molecule has 6 nitrogen and oxygen atoms in total. The van der Waals surface area contributed by atoms with Gasteiger partial charge in [0.15, 0.2) is 0 Å². The summed E-state index contributed by atoms with van der Waals surface area (Å²) in [5.74, 6) is 3.49. The molecule has 176 valence electrons. The summed E-state index contributed by atoms with van der Waals surface area (Å²) in [6, 6.07) is 20.4. The van der Waals surface area contributed by atoms with E-state index in [0.29, 0.717) is 35.8 Å². The third kappa shape index (κ3) is 6.05. The molecule has 1 aliphatic carbocycles. The molecule has 0 aliphatic heterocycles. The Morgan fingerprint density at radius 2 is 1.79 bits per heavy atom. The zero-order chi connectivity index (χ0) is 24.0. The molecule has 1 fully saturated rings. The van der Waals surface area contributed by atoms with Crippen LogP contribution in [-0.4, -0.2) is 22.6 Å². The molecule has 0 saturated heterocycles. The summed E-state index contributed by atoms with van der Waals surface area (Å²) in [5.41, 5.74) is 1.95. The highest BCUT2D eigenvalue weighted by atomic mass is 16.5. The smallest absolute Gasteiger partial charge is 0.224 e. The Labute approximate surface area is 202 Å². The van der Waals surface area contributed by atoms with Gasteiger partial charge in [-0.25, -0.2) is 4.98 Å². The Bertz CT molecular complexity index is 1120. The van der Waals surface area contributed by atoms with Crippen LogP contribution in [0.5, 0.6) is 11.5 Å². The normalized spacial score (nSPS) is 19.1. The maximum absolute atomic E-state index is 9.52. The van der Waals surface area contributed by atoms with Crippen molar-refractivity contribution in [3.05, 3.63) is 71.9 Å². The highest BCUT2D eigenvalue weighted by Crippen LogP contribution is 2.41. The van der Waals surface area contributed by atoms with Crippen molar-refractivity contribution in [2.24, 2.45) is 11.3 Å². The summed E-state index contributed by atoms with van der Waals surface area (Å²) in [7, 11) is 0. The van der Waals surface area contributed by atoms with Crippen molar-refractivity contribution in [2.75, 3.05) is 17.2 Å². The number of hydrogen-bond acceptors (Lipinski definition) is 6. The van der Waals surface area contributed by atoms with Gasteiger partial charge in [0.05, 0.1) is 6.20 Å². The van der Waals surface area contributed by atoms with Crippen molar-refractivity contribution in [1.82, 2.24) is 9.97 Å². The van der Waals surface area contributed by atoms with Gasteiger partial charge < -0.3 is 15.4 Å². The second-order valence-electron chi connectivity index (χ2n) is 9.82. The van der Waals surface area contributed by atoms with E-state index in [2.05, 4.69) is 59.6 Å². The van der Waals surface area contributed by atoms with Crippen molar-refractivity contribution >= 4 is 11.8 Å². The Hall–Kier alpha value is -3.59. The van der Waals surface area contributed by atoms with E-state index < -0.39 is 0 Å². The summed E-state index contributed by atoms with van der Waals surface area (Å²) < 4.78 is 5.85. The predicted octanol–water partition coefficient (Wildman–Crippen LogP) is 6.42. The quantitative estimate of drug-likeness (QED) is 0.408. The monoisotopic (exact) mass is 455 g/mol. The maximum Gasteiger partial charge on any atom is 0.224 e. The van der Waals surface area contributed by atoms with Crippen molar-refractivity contribution in [3.8, 4) is 17.6 Å². The molecule has 1 aliphatic rings. The first kappa shape index (κ1) is 23.6. The number of nitrogens with zero attached hydrogens (tertiary/aromatic N) is 3. The zero-order valence-corrected chi connectivity index (χ0v) is 20.2. The molecule has 2 aromatic carbocycles. The summed E-state index contributed by atoms with van der Waals surface area (Å²) in [5, 5.41) is 16.3. The average molecular weight is 456 g/mol. The first-order valence-corrected chi connectivity index (χ1v) is 12.0. The minimum absolute atomic E-state index is 0.276. The summed E-state index contributed by atoms with van der Waals surface area (Å²) in [6.45, 7) is 7.67. The second-order valence-corrected chi connectivity index (χ2v) is 9.82. The summed E-state index contributed by atoms with van der Waals surface area (Å²) >= 11 is 0. The van der Waals surface area contributed by atoms with Gasteiger partial charge >= 0.3 is 0 Å². The summed E-state index contributed by atoms with van der Waals surface area (Å²) in [4.78, 5) is 8.95. The van der Waals surface area contributed by atoms with Gasteiger partial charge in [0.1, 0.15) is 28.9 Å². The van der Waals surface area contributed by atoms with Gasteiger partial charge in [-0.15, -0.1) is 0 Å². The highest BCUT2D eigenvalue weighted by Gasteiger charge is 2.34. The minimum atomic E-state index is 0.276. The molecule has 1 saturated carbocycles. The number of nitriles is 1. The molecule has 2 N–H and O–H groups in total. The van der Waals surface area contributed by atoms with Crippen LogP contribution in [0.1, 0.15) is 51.2 Å². The molecule has 0 amide bonds. The Balaban J connectivity index is 1.32. The lowest BCUT2D eigenvalue weighted by molar-refractivity contribution is 0.143. The fourth-order valence-corrected chi connectivity index (χ4v) is 4.42. The Morgan fingerprint density at radius 1 is 1.06 bits per heavy atom. The van der Waals surface area contributed by atoms with Crippen LogP contribution in [0.2, 0.25) is 0 Å². The Kier molecular flexibility index (Phi) is 7.32. The van der Waals surface area contributed by atoms with Crippen LogP contribution < -0.4 is 15.4 Å². The minimum Gasteiger partial charge on any atom is -0.457 e. The molecule has 1 heterocycles. The van der Waals surface area contributed by atoms with Crippen LogP contribution in [0.15, 0.2) is 60.8 Å². The number of para-hydroxylation sites is 1. The number of benzene rings is 2. The number of rotatable bonds is 8. The molecule has 0 bridgehead atoms. The van der Waals surface area contributed by atoms with Crippen molar-refractivity contribution in [3.63, 3.8) is 0 Å². The maximum atomic E-state index is 9.52. The fraction of sp³-hybridized carbons (Fsp3) is 0.393. The number of hydrogen-bond donors (Lipinski definition) is 2. The van der Waals surface area contributed by atoms with Crippen LogP contribution in [0.4, 0.5) is 11.8 Å². The first-order chi connectivity index (χ1) is 16.4. The fourth-order valence-electron chi connectivity index (χ4n) is 4.42. The molecule has 34 heavy (non-hydrogen) atoms. The number of ether oxygens (including phenoxy) is 1. The van der Waals surface area contributed by atoms with Crippen LogP contribution in [0.3, 0.4) is 0 Å². The largest absolute Gasteiger partial charge is 0.457 e. The molecule has 0 unspecified atom stereocenters. The molecule has 0 radical (unpaired) electrons. The lowest BCUT2D eigenvalue weighted by Gasteiger charge is -2.41. The van der Waals surface area contributed by atoms with Gasteiger partial charge in [0, 0.05) is 12.6 Å². The lowest BCUT2D eigenvalue weighted by atomic mass is 9.68.